The molecule has 1 atom stereocenters. The van der Waals surface area contributed by atoms with E-state index in [-0.39, 0.29) is 11.9 Å². The van der Waals surface area contributed by atoms with Crippen LogP contribution in [0.3, 0.4) is 0 Å². The van der Waals surface area contributed by atoms with Gasteiger partial charge >= 0.3 is 0 Å². The minimum atomic E-state index is -0.182. The molecule has 2 aromatic rings. The number of aryl methyl sites for hydroxylation is 1. The molecule has 0 aliphatic heterocycles. The molecule has 0 bridgehead atoms. The quantitative estimate of drug-likeness (QED) is 0.882. The van der Waals surface area contributed by atoms with Crippen LogP contribution >= 0.6 is 11.5 Å². The molecule has 0 amide bonds. The first-order chi connectivity index (χ1) is 9.20. The Balaban J connectivity index is 2.15. The summed E-state index contributed by atoms with van der Waals surface area (Å²) < 4.78 is 17.0. The van der Waals surface area contributed by atoms with Gasteiger partial charge in [0, 0.05) is 6.04 Å². The summed E-state index contributed by atoms with van der Waals surface area (Å²) in [6.07, 6.45) is 3.71. The lowest BCUT2D eigenvalue weighted by atomic mass is 10.00. The Morgan fingerprint density at radius 2 is 2.26 bits per heavy atom. The van der Waals surface area contributed by atoms with Gasteiger partial charge in [-0.15, -0.1) is 5.10 Å². The molecular formula is C14H18FN3S. The summed E-state index contributed by atoms with van der Waals surface area (Å²) in [5, 5.41) is 7.40. The lowest BCUT2D eigenvalue weighted by Crippen LogP contribution is -2.23. The second kappa shape index (κ2) is 6.73. The van der Waals surface area contributed by atoms with Gasteiger partial charge in [-0.05, 0) is 61.1 Å². The van der Waals surface area contributed by atoms with E-state index in [2.05, 4.69) is 21.8 Å². The van der Waals surface area contributed by atoms with E-state index in [0.29, 0.717) is 0 Å². The molecule has 0 radical (unpaired) electrons. The maximum absolute atomic E-state index is 13.1. The fourth-order valence-electron chi connectivity index (χ4n) is 2.03. The van der Waals surface area contributed by atoms with Crippen molar-refractivity contribution in [3.8, 4) is 0 Å². The van der Waals surface area contributed by atoms with Gasteiger partial charge in [0.1, 0.15) is 5.82 Å². The lowest BCUT2D eigenvalue weighted by molar-refractivity contribution is 0.534. The van der Waals surface area contributed by atoms with Crippen LogP contribution in [0.4, 0.5) is 4.39 Å². The molecule has 3 nitrogen and oxygen atoms in total. The Kier molecular flexibility index (Phi) is 4.99. The maximum atomic E-state index is 13.1. The van der Waals surface area contributed by atoms with Gasteiger partial charge < -0.3 is 5.32 Å². The molecular weight excluding hydrogens is 261 g/mol. The van der Waals surface area contributed by atoms with Crippen LogP contribution in [-0.4, -0.2) is 16.1 Å². The molecule has 1 aromatic heterocycles. The summed E-state index contributed by atoms with van der Waals surface area (Å²) in [6, 6.07) is 5.16. The molecule has 0 aliphatic rings. The Labute approximate surface area is 117 Å². The van der Waals surface area contributed by atoms with Crippen LogP contribution in [0.1, 0.15) is 35.4 Å². The average Bonchev–Trinajstić information content (AvgIpc) is 2.90. The molecule has 0 spiro atoms. The number of benzene rings is 1. The zero-order valence-corrected chi connectivity index (χ0v) is 12.0. The van der Waals surface area contributed by atoms with Crippen LogP contribution in [0.25, 0.3) is 0 Å². The molecule has 1 aromatic carbocycles. The normalized spacial score (nSPS) is 12.6. The largest absolute Gasteiger partial charge is 0.309 e. The van der Waals surface area contributed by atoms with Crippen molar-refractivity contribution in [3.63, 3.8) is 0 Å². The third-order valence-corrected chi connectivity index (χ3v) is 3.87. The first-order valence-corrected chi connectivity index (χ1v) is 7.23. The molecule has 1 N–H and O–H groups in total. The molecule has 1 unspecified atom stereocenters. The minimum Gasteiger partial charge on any atom is -0.309 e. The van der Waals surface area contributed by atoms with E-state index in [1.807, 2.05) is 13.0 Å². The zero-order valence-electron chi connectivity index (χ0n) is 11.2. The van der Waals surface area contributed by atoms with Crippen LogP contribution in [0.15, 0.2) is 24.4 Å². The van der Waals surface area contributed by atoms with E-state index in [1.54, 1.807) is 12.3 Å². The predicted molar refractivity (Wildman–Crippen MR) is 75.8 cm³/mol. The lowest BCUT2D eigenvalue weighted by Gasteiger charge is -2.17. The fourth-order valence-corrected chi connectivity index (χ4v) is 2.61. The Hall–Kier alpha value is -1.33. The highest BCUT2D eigenvalue weighted by Crippen LogP contribution is 2.22. The van der Waals surface area contributed by atoms with Crippen molar-refractivity contribution in [2.75, 3.05) is 6.54 Å². The second-order valence-electron chi connectivity index (χ2n) is 4.60. The number of rotatable bonds is 6. The van der Waals surface area contributed by atoms with Crippen molar-refractivity contribution in [2.24, 2.45) is 0 Å². The van der Waals surface area contributed by atoms with Crippen LogP contribution < -0.4 is 5.32 Å². The molecule has 0 saturated heterocycles. The maximum Gasteiger partial charge on any atom is 0.123 e. The number of hydrogen-bond acceptors (Lipinski definition) is 4. The van der Waals surface area contributed by atoms with Crippen LogP contribution in [0, 0.1) is 12.7 Å². The molecule has 0 saturated carbocycles. The van der Waals surface area contributed by atoms with E-state index in [0.717, 1.165) is 35.4 Å². The van der Waals surface area contributed by atoms with Crippen LogP contribution in [0.2, 0.25) is 0 Å². The van der Waals surface area contributed by atoms with Crippen molar-refractivity contribution in [2.45, 2.75) is 32.7 Å². The van der Waals surface area contributed by atoms with Gasteiger partial charge in [-0.1, -0.05) is 17.5 Å². The zero-order chi connectivity index (χ0) is 13.7. The first kappa shape index (κ1) is 14.1. The number of hydrogen-bond donors (Lipinski definition) is 1. The molecule has 19 heavy (non-hydrogen) atoms. The van der Waals surface area contributed by atoms with Crippen LogP contribution in [-0.2, 0) is 6.42 Å². The highest BCUT2D eigenvalue weighted by Gasteiger charge is 2.15. The van der Waals surface area contributed by atoms with E-state index in [9.17, 15) is 4.39 Å². The van der Waals surface area contributed by atoms with Gasteiger partial charge in [-0.25, -0.2) is 4.39 Å². The summed E-state index contributed by atoms with van der Waals surface area (Å²) in [6.45, 7) is 5.03. The van der Waals surface area contributed by atoms with E-state index < -0.39 is 0 Å². The number of aromatic nitrogens is 2. The van der Waals surface area contributed by atoms with Crippen molar-refractivity contribution >= 4 is 11.5 Å². The number of nitrogens with one attached hydrogen (secondary N) is 1. The van der Waals surface area contributed by atoms with E-state index >= 15 is 0 Å². The van der Waals surface area contributed by atoms with E-state index in [4.69, 9.17) is 0 Å². The van der Waals surface area contributed by atoms with Crippen LogP contribution in [0.5, 0.6) is 0 Å². The SMILES string of the molecule is CCCNC(Cc1ccc(F)cc1C)c1cnns1. The van der Waals surface area contributed by atoms with Gasteiger partial charge in [-0.2, -0.15) is 0 Å². The van der Waals surface area contributed by atoms with Gasteiger partial charge in [0.2, 0.25) is 0 Å². The van der Waals surface area contributed by atoms with Gasteiger partial charge in [0.25, 0.3) is 0 Å². The standard InChI is InChI=1S/C14H18FN3S/c1-3-6-16-13(14-9-17-18-19-14)8-11-4-5-12(15)7-10(11)2/h4-5,7,9,13,16H,3,6,8H2,1-2H3. The van der Waals surface area contributed by atoms with Gasteiger partial charge in [0.05, 0.1) is 11.1 Å². The highest BCUT2D eigenvalue weighted by atomic mass is 32.1. The summed E-state index contributed by atoms with van der Waals surface area (Å²) >= 11 is 1.41. The average molecular weight is 279 g/mol. The molecule has 1 heterocycles. The highest BCUT2D eigenvalue weighted by molar-refractivity contribution is 7.05. The first-order valence-electron chi connectivity index (χ1n) is 6.46. The van der Waals surface area contributed by atoms with Crippen molar-refractivity contribution in [1.82, 2.24) is 14.9 Å². The summed E-state index contributed by atoms with van der Waals surface area (Å²) in [5.41, 5.74) is 2.14. The van der Waals surface area contributed by atoms with Gasteiger partial charge in [0.15, 0.2) is 0 Å². The molecule has 0 aliphatic carbocycles. The third-order valence-electron chi connectivity index (χ3n) is 3.09. The number of nitrogens with zero attached hydrogens (tertiary/aromatic N) is 2. The fraction of sp³-hybridized carbons (Fsp3) is 0.429. The Morgan fingerprint density at radius 3 is 2.89 bits per heavy atom. The summed E-state index contributed by atoms with van der Waals surface area (Å²) in [7, 11) is 0. The molecule has 0 fully saturated rings. The third kappa shape index (κ3) is 3.81. The summed E-state index contributed by atoms with van der Waals surface area (Å²) in [4.78, 5) is 1.12. The predicted octanol–water partition coefficient (Wildman–Crippen LogP) is 3.27. The second-order valence-corrected chi connectivity index (χ2v) is 5.42. The van der Waals surface area contributed by atoms with E-state index in [1.165, 1.54) is 17.6 Å². The summed E-state index contributed by atoms with van der Waals surface area (Å²) in [5.74, 6) is -0.182. The molecule has 102 valence electrons. The van der Waals surface area contributed by atoms with Crippen molar-refractivity contribution < 1.29 is 4.39 Å². The van der Waals surface area contributed by atoms with Gasteiger partial charge in [-0.3, -0.25) is 0 Å². The number of halogens is 1. The smallest absolute Gasteiger partial charge is 0.123 e. The monoisotopic (exact) mass is 279 g/mol. The Bertz CT molecular complexity index is 513. The minimum absolute atomic E-state index is 0.182. The van der Waals surface area contributed by atoms with Crippen molar-refractivity contribution in [3.05, 3.63) is 46.2 Å². The Morgan fingerprint density at radius 1 is 1.42 bits per heavy atom. The van der Waals surface area contributed by atoms with Crippen molar-refractivity contribution in [1.29, 1.82) is 0 Å². The molecule has 5 heteroatoms. The topological polar surface area (TPSA) is 37.8 Å². The molecule has 2 rings (SSSR count).